The Labute approximate surface area is 101 Å². The Hall–Kier alpha value is -1.52. The topological polar surface area (TPSA) is 55.2 Å². The first-order chi connectivity index (χ1) is 7.65. The minimum Gasteiger partial charge on any atom is -0.493 e. The van der Waals surface area contributed by atoms with E-state index >= 15 is 0 Å². The number of aromatic hydroxyl groups is 1. The Kier molecular flexibility index (Phi) is 3.12. The zero-order chi connectivity index (χ0) is 11.5. The summed E-state index contributed by atoms with van der Waals surface area (Å²) in [5.74, 6) is 0.579. The lowest BCUT2D eigenvalue weighted by molar-refractivity contribution is 0.438. The van der Waals surface area contributed by atoms with Crippen LogP contribution in [0.3, 0.4) is 0 Å². The Morgan fingerprint density at radius 2 is 1.94 bits per heavy atom. The number of hydrogen-bond acceptors (Lipinski definition) is 4. The van der Waals surface area contributed by atoms with Gasteiger partial charge in [-0.2, -0.15) is 0 Å². The highest BCUT2D eigenvalue weighted by Crippen LogP contribution is 2.28. The van der Waals surface area contributed by atoms with Crippen molar-refractivity contribution < 1.29 is 9.84 Å². The zero-order valence-electron chi connectivity index (χ0n) is 7.89. The molecule has 0 aliphatic heterocycles. The Bertz CT molecular complexity index is 503. The fraction of sp³-hybridized carbons (Fsp3) is 0. The highest BCUT2D eigenvalue weighted by Gasteiger charge is 2.05. The molecule has 0 aromatic carbocycles. The molecule has 1 N–H and O–H groups in total. The van der Waals surface area contributed by atoms with Gasteiger partial charge in [0.25, 0.3) is 0 Å². The van der Waals surface area contributed by atoms with Crippen molar-refractivity contribution in [1.29, 1.82) is 0 Å². The van der Waals surface area contributed by atoms with E-state index in [0.29, 0.717) is 15.8 Å². The normalized spacial score (nSPS) is 10.1. The van der Waals surface area contributed by atoms with Crippen LogP contribution in [0.15, 0.2) is 30.6 Å². The number of pyridine rings is 2. The lowest BCUT2D eigenvalue weighted by Gasteiger charge is -2.05. The third-order valence-corrected chi connectivity index (χ3v) is 2.19. The van der Waals surface area contributed by atoms with Gasteiger partial charge in [-0.25, -0.2) is 9.97 Å². The van der Waals surface area contributed by atoms with Gasteiger partial charge in [-0.05, 0) is 12.1 Å². The van der Waals surface area contributed by atoms with E-state index in [1.165, 1.54) is 24.5 Å². The number of aromatic nitrogens is 2. The van der Waals surface area contributed by atoms with Crippen molar-refractivity contribution in [3.8, 4) is 17.5 Å². The second-order valence-corrected chi connectivity index (χ2v) is 3.74. The first-order valence-electron chi connectivity index (χ1n) is 4.29. The predicted molar refractivity (Wildman–Crippen MR) is 60.2 cm³/mol. The molecule has 2 heterocycles. The monoisotopic (exact) mass is 256 g/mol. The molecule has 0 radical (unpaired) electrons. The molecular weight excluding hydrogens is 251 g/mol. The Morgan fingerprint density at radius 3 is 2.56 bits per heavy atom. The van der Waals surface area contributed by atoms with Gasteiger partial charge in [0, 0.05) is 12.3 Å². The zero-order valence-corrected chi connectivity index (χ0v) is 9.40. The van der Waals surface area contributed by atoms with Gasteiger partial charge < -0.3 is 9.84 Å². The average molecular weight is 257 g/mol. The van der Waals surface area contributed by atoms with E-state index in [1.54, 1.807) is 6.07 Å². The van der Waals surface area contributed by atoms with E-state index < -0.39 is 0 Å². The van der Waals surface area contributed by atoms with Gasteiger partial charge in [-0.1, -0.05) is 23.2 Å². The first-order valence-corrected chi connectivity index (χ1v) is 5.04. The molecule has 2 rings (SSSR count). The predicted octanol–water partition coefficient (Wildman–Crippen LogP) is 3.28. The lowest BCUT2D eigenvalue weighted by atomic mass is 10.4. The molecule has 0 aliphatic carbocycles. The summed E-state index contributed by atoms with van der Waals surface area (Å²) in [6.07, 6.45) is 2.79. The van der Waals surface area contributed by atoms with E-state index in [0.717, 1.165) is 0 Å². The van der Waals surface area contributed by atoms with E-state index in [2.05, 4.69) is 9.97 Å². The van der Waals surface area contributed by atoms with Crippen LogP contribution in [0.5, 0.6) is 17.5 Å². The number of nitrogens with zero attached hydrogens (tertiary/aromatic N) is 2. The number of halogens is 2. The molecule has 0 atom stereocenters. The van der Waals surface area contributed by atoms with Crippen LogP contribution >= 0.6 is 23.2 Å². The van der Waals surface area contributed by atoms with Crippen LogP contribution in [0.4, 0.5) is 0 Å². The molecule has 0 aliphatic rings. The van der Waals surface area contributed by atoms with Crippen molar-refractivity contribution in [2.45, 2.75) is 0 Å². The van der Waals surface area contributed by atoms with Crippen LogP contribution in [0.2, 0.25) is 10.0 Å². The van der Waals surface area contributed by atoms with Crippen molar-refractivity contribution in [3.05, 3.63) is 40.6 Å². The molecule has 0 fully saturated rings. The lowest BCUT2D eigenvalue weighted by Crippen LogP contribution is -1.89. The number of hydrogen-bond donors (Lipinski definition) is 1. The number of ether oxygens (including phenoxy) is 1. The van der Waals surface area contributed by atoms with Gasteiger partial charge in [0.2, 0.25) is 11.8 Å². The fourth-order valence-corrected chi connectivity index (χ4v) is 1.44. The summed E-state index contributed by atoms with van der Waals surface area (Å²) < 4.78 is 5.34. The maximum absolute atomic E-state index is 8.99. The molecule has 82 valence electrons. The van der Waals surface area contributed by atoms with E-state index in [-0.39, 0.29) is 11.8 Å². The Balaban J connectivity index is 2.23. The van der Waals surface area contributed by atoms with Crippen LogP contribution in [0, 0.1) is 0 Å². The second kappa shape index (κ2) is 4.55. The molecule has 6 heteroatoms. The van der Waals surface area contributed by atoms with Crippen LogP contribution in [-0.2, 0) is 0 Å². The first kappa shape index (κ1) is 11.0. The second-order valence-electron chi connectivity index (χ2n) is 2.89. The van der Waals surface area contributed by atoms with Gasteiger partial charge in [0.15, 0.2) is 0 Å². The summed E-state index contributed by atoms with van der Waals surface area (Å²) in [6, 6.07) is 4.48. The van der Waals surface area contributed by atoms with Crippen molar-refractivity contribution in [2.75, 3.05) is 0 Å². The molecule has 0 unspecified atom stereocenters. The molecule has 0 bridgehead atoms. The molecule has 0 spiro atoms. The Morgan fingerprint density at radius 1 is 1.12 bits per heavy atom. The van der Waals surface area contributed by atoms with Crippen LogP contribution in [-0.4, -0.2) is 15.1 Å². The van der Waals surface area contributed by atoms with Crippen molar-refractivity contribution in [2.24, 2.45) is 0 Å². The third kappa shape index (κ3) is 2.53. The molecule has 0 saturated carbocycles. The summed E-state index contributed by atoms with van der Waals surface area (Å²) in [5.41, 5.74) is 0. The van der Waals surface area contributed by atoms with Crippen LogP contribution < -0.4 is 4.74 Å². The fourth-order valence-electron chi connectivity index (χ4n) is 1.02. The molecule has 2 aromatic rings. The average Bonchev–Trinajstić information content (AvgIpc) is 2.25. The molecular formula is C10H6Cl2N2O2. The minimum absolute atomic E-state index is 0.0810. The third-order valence-electron chi connectivity index (χ3n) is 1.71. The van der Waals surface area contributed by atoms with E-state index in [9.17, 15) is 0 Å². The van der Waals surface area contributed by atoms with Gasteiger partial charge in [-0.3, -0.25) is 0 Å². The van der Waals surface area contributed by atoms with Crippen LogP contribution in [0.25, 0.3) is 0 Å². The highest BCUT2D eigenvalue weighted by molar-refractivity contribution is 6.35. The van der Waals surface area contributed by atoms with Crippen molar-refractivity contribution in [1.82, 2.24) is 9.97 Å². The molecule has 4 nitrogen and oxygen atoms in total. The van der Waals surface area contributed by atoms with Gasteiger partial charge in [-0.15, -0.1) is 0 Å². The molecule has 2 aromatic heterocycles. The standard InChI is InChI=1S/C10H6Cl2N2O2/c11-6-3-8(12)10(14-4-6)16-7-1-2-9(15)13-5-7/h1-5H,(H,13,15). The smallest absolute Gasteiger partial charge is 0.238 e. The van der Waals surface area contributed by atoms with Crippen LogP contribution in [0.1, 0.15) is 0 Å². The minimum atomic E-state index is -0.0810. The number of rotatable bonds is 2. The molecule has 0 amide bonds. The van der Waals surface area contributed by atoms with E-state index in [4.69, 9.17) is 33.0 Å². The summed E-state index contributed by atoms with van der Waals surface area (Å²) in [7, 11) is 0. The largest absolute Gasteiger partial charge is 0.493 e. The summed E-state index contributed by atoms with van der Waals surface area (Å²) in [5, 5.41) is 9.73. The quantitative estimate of drug-likeness (QED) is 0.896. The van der Waals surface area contributed by atoms with Gasteiger partial charge >= 0.3 is 0 Å². The molecule has 16 heavy (non-hydrogen) atoms. The van der Waals surface area contributed by atoms with Gasteiger partial charge in [0.05, 0.1) is 11.2 Å². The highest BCUT2D eigenvalue weighted by atomic mass is 35.5. The summed E-state index contributed by atoms with van der Waals surface area (Å²) in [4.78, 5) is 7.58. The molecule has 0 saturated heterocycles. The SMILES string of the molecule is Oc1ccc(Oc2ncc(Cl)cc2Cl)cn1. The maximum Gasteiger partial charge on any atom is 0.238 e. The van der Waals surface area contributed by atoms with Crippen molar-refractivity contribution >= 4 is 23.2 Å². The summed E-state index contributed by atoms with van der Waals surface area (Å²) in [6.45, 7) is 0. The van der Waals surface area contributed by atoms with Crippen molar-refractivity contribution in [3.63, 3.8) is 0 Å². The van der Waals surface area contributed by atoms with Gasteiger partial charge in [0.1, 0.15) is 10.8 Å². The van der Waals surface area contributed by atoms with E-state index in [1.807, 2.05) is 0 Å². The maximum atomic E-state index is 8.99. The summed E-state index contributed by atoms with van der Waals surface area (Å²) >= 11 is 11.6.